The van der Waals surface area contributed by atoms with Crippen LogP contribution in [-0.4, -0.2) is 4.57 Å². The molecular weight excluding hydrogens is 254 g/mol. The maximum Gasteiger partial charge on any atom is 0.0491 e. The highest BCUT2D eigenvalue weighted by atomic mass is 14.9. The Labute approximate surface area is 124 Å². The molecule has 0 bridgehead atoms. The van der Waals surface area contributed by atoms with Crippen molar-refractivity contribution < 1.29 is 0 Å². The number of benzene rings is 3. The molecule has 0 fully saturated rings. The maximum atomic E-state index is 2.34. The van der Waals surface area contributed by atoms with Gasteiger partial charge >= 0.3 is 0 Å². The quantitative estimate of drug-likeness (QED) is 0.442. The van der Waals surface area contributed by atoms with Crippen molar-refractivity contribution in [2.75, 3.05) is 0 Å². The van der Waals surface area contributed by atoms with Gasteiger partial charge in [0.1, 0.15) is 0 Å². The Morgan fingerprint density at radius 2 is 1.43 bits per heavy atom. The summed E-state index contributed by atoms with van der Waals surface area (Å²) < 4.78 is 2.28. The molecule has 0 radical (unpaired) electrons. The number of hydrogen-bond donors (Lipinski definition) is 0. The van der Waals surface area contributed by atoms with Crippen molar-refractivity contribution >= 4 is 21.8 Å². The molecule has 0 N–H and O–H groups in total. The molecule has 0 aliphatic heterocycles. The first-order valence-corrected chi connectivity index (χ1v) is 7.29. The maximum absolute atomic E-state index is 2.34. The highest BCUT2D eigenvalue weighted by molar-refractivity contribution is 6.09. The average molecular weight is 271 g/mol. The zero-order valence-electron chi connectivity index (χ0n) is 12.3. The summed E-state index contributed by atoms with van der Waals surface area (Å²) in [6.45, 7) is 2.19. The summed E-state index contributed by atoms with van der Waals surface area (Å²) in [5.74, 6) is 0. The molecule has 102 valence electrons. The molecule has 0 aliphatic carbocycles. The zero-order chi connectivity index (χ0) is 14.4. The molecule has 1 nitrogen and oxygen atoms in total. The fraction of sp³-hybridized carbons (Fsp3) is 0.100. The second kappa shape index (κ2) is 4.49. The van der Waals surface area contributed by atoms with Crippen LogP contribution in [0.5, 0.6) is 0 Å². The molecular formula is C20H17N. The van der Waals surface area contributed by atoms with Crippen molar-refractivity contribution in [2.24, 2.45) is 7.05 Å². The van der Waals surface area contributed by atoms with E-state index in [1.165, 1.54) is 38.5 Å². The third-order valence-corrected chi connectivity index (χ3v) is 4.34. The molecule has 0 atom stereocenters. The van der Waals surface area contributed by atoms with E-state index in [0.717, 1.165) is 0 Å². The van der Waals surface area contributed by atoms with Crippen LogP contribution >= 0.6 is 0 Å². The molecule has 0 amide bonds. The van der Waals surface area contributed by atoms with Crippen molar-refractivity contribution in [3.05, 3.63) is 72.3 Å². The van der Waals surface area contributed by atoms with Gasteiger partial charge in [0, 0.05) is 28.9 Å². The Balaban J connectivity index is 2.12. The van der Waals surface area contributed by atoms with Crippen LogP contribution in [0, 0.1) is 6.92 Å². The summed E-state index contributed by atoms with van der Waals surface area (Å²) in [7, 11) is 2.15. The van der Waals surface area contributed by atoms with Gasteiger partial charge in [-0.15, -0.1) is 0 Å². The molecule has 0 unspecified atom stereocenters. The van der Waals surface area contributed by atoms with Crippen LogP contribution in [0.25, 0.3) is 32.9 Å². The minimum atomic E-state index is 1.28. The second-order valence-electron chi connectivity index (χ2n) is 5.63. The Morgan fingerprint density at radius 1 is 0.714 bits per heavy atom. The van der Waals surface area contributed by atoms with Gasteiger partial charge in [-0.2, -0.15) is 0 Å². The van der Waals surface area contributed by atoms with E-state index in [4.69, 9.17) is 0 Å². The van der Waals surface area contributed by atoms with Gasteiger partial charge in [0.05, 0.1) is 0 Å². The molecule has 4 rings (SSSR count). The first kappa shape index (κ1) is 12.2. The number of hydrogen-bond acceptors (Lipinski definition) is 0. The van der Waals surface area contributed by atoms with Gasteiger partial charge in [0.2, 0.25) is 0 Å². The number of aryl methyl sites for hydroxylation is 2. The predicted molar refractivity (Wildman–Crippen MR) is 90.6 cm³/mol. The largest absolute Gasteiger partial charge is 0.344 e. The average Bonchev–Trinajstić information content (AvgIpc) is 2.80. The number of aromatic nitrogens is 1. The zero-order valence-corrected chi connectivity index (χ0v) is 12.3. The third-order valence-electron chi connectivity index (χ3n) is 4.34. The number of nitrogens with zero attached hydrogens (tertiary/aromatic N) is 1. The van der Waals surface area contributed by atoms with E-state index in [2.05, 4.69) is 85.3 Å². The van der Waals surface area contributed by atoms with Crippen molar-refractivity contribution in [1.29, 1.82) is 0 Å². The Morgan fingerprint density at radius 3 is 2.24 bits per heavy atom. The lowest BCUT2D eigenvalue weighted by Gasteiger charge is -2.07. The number of rotatable bonds is 1. The second-order valence-corrected chi connectivity index (χ2v) is 5.63. The highest BCUT2D eigenvalue weighted by Gasteiger charge is 2.11. The monoisotopic (exact) mass is 271 g/mol. The minimum Gasteiger partial charge on any atom is -0.344 e. The smallest absolute Gasteiger partial charge is 0.0491 e. The Kier molecular flexibility index (Phi) is 2.61. The molecule has 4 aromatic rings. The van der Waals surface area contributed by atoms with Crippen molar-refractivity contribution in [3.8, 4) is 11.1 Å². The lowest BCUT2D eigenvalue weighted by atomic mass is 9.98. The van der Waals surface area contributed by atoms with Crippen LogP contribution in [0.3, 0.4) is 0 Å². The van der Waals surface area contributed by atoms with Crippen LogP contribution in [-0.2, 0) is 7.05 Å². The van der Waals surface area contributed by atoms with E-state index in [1.54, 1.807) is 0 Å². The van der Waals surface area contributed by atoms with Crippen molar-refractivity contribution in [2.45, 2.75) is 6.92 Å². The molecule has 1 heterocycles. The first-order chi connectivity index (χ1) is 10.3. The minimum absolute atomic E-state index is 1.28. The summed E-state index contributed by atoms with van der Waals surface area (Å²) in [6, 6.07) is 23.9. The van der Waals surface area contributed by atoms with Gasteiger partial charge in [-0.25, -0.2) is 0 Å². The summed E-state index contributed by atoms with van der Waals surface area (Å²) in [5, 5.41) is 2.66. The van der Waals surface area contributed by atoms with Crippen molar-refractivity contribution in [1.82, 2.24) is 4.57 Å². The summed E-state index contributed by atoms with van der Waals surface area (Å²) >= 11 is 0. The van der Waals surface area contributed by atoms with E-state index in [0.29, 0.717) is 0 Å². The van der Waals surface area contributed by atoms with Gasteiger partial charge in [-0.1, -0.05) is 48.5 Å². The van der Waals surface area contributed by atoms with Crippen LogP contribution in [0.15, 0.2) is 66.7 Å². The molecule has 1 heteroatoms. The van der Waals surface area contributed by atoms with Crippen LogP contribution in [0.4, 0.5) is 0 Å². The standard InChI is InChI=1S/C20H17N/c1-14-12-20-18(13-17(14)15-8-4-3-5-9-15)16-10-6-7-11-19(16)21(20)2/h3-13H,1-2H3. The third kappa shape index (κ3) is 1.78. The SMILES string of the molecule is Cc1cc2c(cc1-c1ccccc1)c1ccccc1n2C. The number of fused-ring (bicyclic) bond motifs is 3. The van der Waals surface area contributed by atoms with Gasteiger partial charge in [-0.3, -0.25) is 0 Å². The molecule has 0 saturated carbocycles. The van der Waals surface area contributed by atoms with Gasteiger partial charge in [-0.05, 0) is 41.8 Å². The molecule has 21 heavy (non-hydrogen) atoms. The van der Waals surface area contributed by atoms with E-state index in [9.17, 15) is 0 Å². The van der Waals surface area contributed by atoms with Crippen molar-refractivity contribution in [3.63, 3.8) is 0 Å². The lowest BCUT2D eigenvalue weighted by molar-refractivity contribution is 1.01. The van der Waals surface area contributed by atoms with Crippen LogP contribution in [0.2, 0.25) is 0 Å². The van der Waals surface area contributed by atoms with E-state index in [-0.39, 0.29) is 0 Å². The normalized spacial score (nSPS) is 11.3. The van der Waals surface area contributed by atoms with Gasteiger partial charge in [0.25, 0.3) is 0 Å². The van der Waals surface area contributed by atoms with E-state index >= 15 is 0 Å². The Hall–Kier alpha value is -2.54. The fourth-order valence-electron chi connectivity index (χ4n) is 3.24. The van der Waals surface area contributed by atoms with E-state index in [1.807, 2.05) is 0 Å². The van der Waals surface area contributed by atoms with Crippen LogP contribution in [0.1, 0.15) is 5.56 Å². The van der Waals surface area contributed by atoms with Crippen LogP contribution < -0.4 is 0 Å². The first-order valence-electron chi connectivity index (χ1n) is 7.29. The summed E-state index contributed by atoms with van der Waals surface area (Å²) in [5.41, 5.74) is 6.51. The fourth-order valence-corrected chi connectivity index (χ4v) is 3.24. The summed E-state index contributed by atoms with van der Waals surface area (Å²) in [4.78, 5) is 0. The molecule has 0 aliphatic rings. The topological polar surface area (TPSA) is 4.93 Å². The molecule has 0 saturated heterocycles. The van der Waals surface area contributed by atoms with Gasteiger partial charge < -0.3 is 4.57 Å². The van der Waals surface area contributed by atoms with Gasteiger partial charge in [0.15, 0.2) is 0 Å². The lowest BCUT2D eigenvalue weighted by Crippen LogP contribution is -1.88. The molecule has 0 spiro atoms. The number of para-hydroxylation sites is 1. The van der Waals surface area contributed by atoms with E-state index < -0.39 is 0 Å². The highest BCUT2D eigenvalue weighted by Crippen LogP contribution is 2.33. The molecule has 1 aromatic heterocycles. The predicted octanol–water partition coefficient (Wildman–Crippen LogP) is 5.31. The molecule has 3 aromatic carbocycles. The summed E-state index contributed by atoms with van der Waals surface area (Å²) in [6.07, 6.45) is 0. The Bertz CT molecular complexity index is 946.